The van der Waals surface area contributed by atoms with Gasteiger partial charge < -0.3 is 9.84 Å². The number of benzene rings is 1. The zero-order chi connectivity index (χ0) is 13.0. The van der Waals surface area contributed by atoms with Gasteiger partial charge in [0.2, 0.25) is 0 Å². The summed E-state index contributed by atoms with van der Waals surface area (Å²) in [5.41, 5.74) is 2.91. The number of aliphatic hydroxyl groups is 1. The minimum Gasteiger partial charge on any atom is -0.494 e. The summed E-state index contributed by atoms with van der Waals surface area (Å²) in [6.07, 6.45) is 2.55. The zero-order valence-corrected chi connectivity index (χ0v) is 10.8. The van der Waals surface area contributed by atoms with Gasteiger partial charge in [0, 0.05) is 11.3 Å². The van der Waals surface area contributed by atoms with Crippen LogP contribution in [0.1, 0.15) is 25.1 Å². The summed E-state index contributed by atoms with van der Waals surface area (Å²) in [6, 6.07) is 7.80. The van der Waals surface area contributed by atoms with E-state index in [0.717, 1.165) is 29.1 Å². The van der Waals surface area contributed by atoms with Gasteiger partial charge in [0.15, 0.2) is 0 Å². The summed E-state index contributed by atoms with van der Waals surface area (Å²) in [6.45, 7) is 4.71. The first-order valence-corrected chi connectivity index (χ1v) is 6.20. The van der Waals surface area contributed by atoms with Crippen LogP contribution in [0, 0.1) is 0 Å². The van der Waals surface area contributed by atoms with Crippen LogP contribution in [0.5, 0.6) is 5.75 Å². The van der Waals surface area contributed by atoms with E-state index in [2.05, 4.69) is 12.0 Å². The van der Waals surface area contributed by atoms with Crippen molar-refractivity contribution in [3.05, 3.63) is 41.7 Å². The van der Waals surface area contributed by atoms with Crippen LogP contribution in [0.15, 0.2) is 30.5 Å². The van der Waals surface area contributed by atoms with Crippen molar-refractivity contribution in [3.8, 4) is 11.4 Å². The third-order valence-corrected chi connectivity index (χ3v) is 2.85. The lowest BCUT2D eigenvalue weighted by Gasteiger charge is -2.08. The van der Waals surface area contributed by atoms with Crippen molar-refractivity contribution >= 4 is 0 Å². The van der Waals surface area contributed by atoms with Gasteiger partial charge in [-0.25, -0.2) is 4.68 Å². The first-order chi connectivity index (χ1) is 8.80. The highest BCUT2D eigenvalue weighted by molar-refractivity contribution is 5.39. The van der Waals surface area contributed by atoms with Gasteiger partial charge in [-0.05, 0) is 37.6 Å². The summed E-state index contributed by atoms with van der Waals surface area (Å²) >= 11 is 0. The maximum atomic E-state index is 9.25. The van der Waals surface area contributed by atoms with E-state index in [9.17, 15) is 5.11 Å². The highest BCUT2D eigenvalue weighted by Crippen LogP contribution is 2.19. The van der Waals surface area contributed by atoms with Crippen LogP contribution < -0.4 is 4.74 Å². The van der Waals surface area contributed by atoms with Gasteiger partial charge in [0.05, 0.1) is 25.1 Å². The molecule has 0 fully saturated rings. The van der Waals surface area contributed by atoms with Gasteiger partial charge in [-0.15, -0.1) is 0 Å². The zero-order valence-electron chi connectivity index (χ0n) is 10.8. The molecule has 0 aliphatic carbocycles. The average molecular weight is 246 g/mol. The van der Waals surface area contributed by atoms with Crippen LogP contribution in [0.2, 0.25) is 0 Å². The predicted octanol–water partition coefficient (Wildman–Crippen LogP) is 2.33. The van der Waals surface area contributed by atoms with E-state index in [1.165, 1.54) is 0 Å². The Morgan fingerprint density at radius 3 is 2.50 bits per heavy atom. The van der Waals surface area contributed by atoms with Crippen LogP contribution in [0.25, 0.3) is 5.69 Å². The average Bonchev–Trinajstić information content (AvgIpc) is 2.82. The molecule has 0 atom stereocenters. The molecule has 1 N–H and O–H groups in total. The maximum absolute atomic E-state index is 9.25. The lowest BCUT2D eigenvalue weighted by Crippen LogP contribution is -2.03. The van der Waals surface area contributed by atoms with E-state index < -0.39 is 0 Å². The number of ether oxygens (including phenoxy) is 1. The van der Waals surface area contributed by atoms with E-state index in [0.29, 0.717) is 6.61 Å². The van der Waals surface area contributed by atoms with E-state index in [-0.39, 0.29) is 6.61 Å². The Balaban J connectivity index is 2.33. The largest absolute Gasteiger partial charge is 0.494 e. The number of hydrogen-bond acceptors (Lipinski definition) is 3. The van der Waals surface area contributed by atoms with Crippen molar-refractivity contribution in [2.75, 3.05) is 6.61 Å². The van der Waals surface area contributed by atoms with Crippen LogP contribution in [-0.2, 0) is 13.0 Å². The topological polar surface area (TPSA) is 47.3 Å². The summed E-state index contributed by atoms with van der Waals surface area (Å²) in [5, 5.41) is 13.6. The molecule has 0 radical (unpaired) electrons. The quantitative estimate of drug-likeness (QED) is 0.880. The van der Waals surface area contributed by atoms with Crippen molar-refractivity contribution in [2.45, 2.75) is 26.9 Å². The first-order valence-electron chi connectivity index (χ1n) is 6.20. The number of nitrogens with zero attached hydrogens (tertiary/aromatic N) is 2. The van der Waals surface area contributed by atoms with Gasteiger partial charge in [0.1, 0.15) is 5.75 Å². The summed E-state index contributed by atoms with van der Waals surface area (Å²) in [4.78, 5) is 0. The van der Waals surface area contributed by atoms with E-state index in [4.69, 9.17) is 4.74 Å². The molecular formula is C14H18N2O2. The molecule has 18 heavy (non-hydrogen) atoms. The second-order valence-corrected chi connectivity index (χ2v) is 3.97. The first kappa shape index (κ1) is 12.6. The summed E-state index contributed by atoms with van der Waals surface area (Å²) in [5.74, 6) is 0.855. The third kappa shape index (κ3) is 2.38. The highest BCUT2D eigenvalue weighted by Gasteiger charge is 2.09. The van der Waals surface area contributed by atoms with Gasteiger partial charge in [-0.2, -0.15) is 5.10 Å². The Morgan fingerprint density at radius 2 is 1.94 bits per heavy atom. The smallest absolute Gasteiger partial charge is 0.119 e. The van der Waals surface area contributed by atoms with E-state index >= 15 is 0 Å². The van der Waals surface area contributed by atoms with Crippen molar-refractivity contribution in [1.29, 1.82) is 0 Å². The van der Waals surface area contributed by atoms with E-state index in [1.54, 1.807) is 6.20 Å². The van der Waals surface area contributed by atoms with Gasteiger partial charge in [-0.1, -0.05) is 6.92 Å². The molecule has 96 valence electrons. The molecule has 4 heteroatoms. The normalized spacial score (nSPS) is 10.6. The lowest BCUT2D eigenvalue weighted by molar-refractivity contribution is 0.280. The van der Waals surface area contributed by atoms with Crippen LogP contribution in [-0.4, -0.2) is 21.5 Å². The number of hydrogen-bond donors (Lipinski definition) is 1. The molecule has 0 unspecified atom stereocenters. The molecule has 1 heterocycles. The van der Waals surface area contributed by atoms with Crippen LogP contribution >= 0.6 is 0 Å². The van der Waals surface area contributed by atoms with E-state index in [1.807, 2.05) is 35.9 Å². The number of aromatic nitrogens is 2. The minimum atomic E-state index is 0.0280. The number of aliphatic hydroxyl groups excluding tert-OH is 1. The molecule has 0 saturated carbocycles. The molecule has 0 aliphatic rings. The monoisotopic (exact) mass is 246 g/mol. The Morgan fingerprint density at radius 1 is 1.22 bits per heavy atom. The third-order valence-electron chi connectivity index (χ3n) is 2.85. The highest BCUT2D eigenvalue weighted by atomic mass is 16.5. The fraction of sp³-hybridized carbons (Fsp3) is 0.357. The molecule has 1 aromatic heterocycles. The summed E-state index contributed by atoms with van der Waals surface area (Å²) in [7, 11) is 0. The van der Waals surface area contributed by atoms with Crippen molar-refractivity contribution in [2.24, 2.45) is 0 Å². The minimum absolute atomic E-state index is 0.0280. The molecule has 2 rings (SSSR count). The molecular weight excluding hydrogens is 228 g/mol. The van der Waals surface area contributed by atoms with Gasteiger partial charge >= 0.3 is 0 Å². The number of rotatable bonds is 5. The summed E-state index contributed by atoms with van der Waals surface area (Å²) < 4.78 is 7.27. The van der Waals surface area contributed by atoms with Crippen LogP contribution in [0.4, 0.5) is 0 Å². The lowest BCUT2D eigenvalue weighted by atomic mass is 10.2. The standard InChI is InChI=1S/C14H18N2O2/c1-3-14-11(10-17)9-15-16(14)12-5-7-13(8-6-12)18-4-2/h5-9,17H,3-4,10H2,1-2H3. The molecule has 0 amide bonds. The fourth-order valence-corrected chi connectivity index (χ4v) is 1.99. The molecule has 4 nitrogen and oxygen atoms in total. The second-order valence-electron chi connectivity index (χ2n) is 3.97. The van der Waals surface area contributed by atoms with Gasteiger partial charge in [-0.3, -0.25) is 0 Å². The van der Waals surface area contributed by atoms with Gasteiger partial charge in [0.25, 0.3) is 0 Å². The predicted molar refractivity (Wildman–Crippen MR) is 70.0 cm³/mol. The van der Waals surface area contributed by atoms with Crippen molar-refractivity contribution in [1.82, 2.24) is 9.78 Å². The van der Waals surface area contributed by atoms with Crippen LogP contribution in [0.3, 0.4) is 0 Å². The second kappa shape index (κ2) is 5.69. The van der Waals surface area contributed by atoms with Crippen molar-refractivity contribution in [3.63, 3.8) is 0 Å². The maximum Gasteiger partial charge on any atom is 0.119 e. The molecule has 0 spiro atoms. The fourth-order valence-electron chi connectivity index (χ4n) is 1.99. The Bertz CT molecular complexity index is 503. The molecule has 0 bridgehead atoms. The van der Waals surface area contributed by atoms with Crippen molar-refractivity contribution < 1.29 is 9.84 Å². The molecule has 1 aromatic carbocycles. The Labute approximate surface area is 107 Å². The molecule has 0 saturated heterocycles. The molecule has 2 aromatic rings. The molecule has 0 aliphatic heterocycles. The Kier molecular flexibility index (Phi) is 3.99. The SMILES string of the molecule is CCOc1ccc(-n2ncc(CO)c2CC)cc1. The Hall–Kier alpha value is -1.81.